The van der Waals surface area contributed by atoms with Crippen molar-refractivity contribution in [2.75, 3.05) is 31.5 Å². The van der Waals surface area contributed by atoms with Crippen LogP contribution in [0, 0.1) is 11.8 Å². The monoisotopic (exact) mass is 343 g/mol. The van der Waals surface area contributed by atoms with Gasteiger partial charge in [-0.05, 0) is 37.7 Å². The summed E-state index contributed by atoms with van der Waals surface area (Å²) in [5, 5.41) is 3.41. The van der Waals surface area contributed by atoms with E-state index in [1.165, 1.54) is 12.8 Å². The van der Waals surface area contributed by atoms with Gasteiger partial charge in [-0.3, -0.25) is 9.59 Å². The second-order valence-electron chi connectivity index (χ2n) is 7.40. The van der Waals surface area contributed by atoms with Gasteiger partial charge in [0.25, 0.3) is 0 Å². The minimum atomic E-state index is 0.0687. The first-order valence-corrected chi connectivity index (χ1v) is 9.30. The number of rotatable bonds is 5. The summed E-state index contributed by atoms with van der Waals surface area (Å²) < 4.78 is 0. The topological polar surface area (TPSA) is 78.4 Å². The van der Waals surface area contributed by atoms with Crippen LogP contribution in [0.5, 0.6) is 0 Å². The number of aromatic nitrogens is 2. The van der Waals surface area contributed by atoms with Crippen LogP contribution in [-0.2, 0) is 9.59 Å². The van der Waals surface area contributed by atoms with Crippen LogP contribution in [0.15, 0.2) is 18.5 Å². The van der Waals surface area contributed by atoms with Gasteiger partial charge < -0.3 is 15.1 Å². The molecule has 1 saturated carbocycles. The van der Waals surface area contributed by atoms with E-state index in [-0.39, 0.29) is 24.4 Å². The van der Waals surface area contributed by atoms with Crippen molar-refractivity contribution in [2.24, 2.45) is 11.8 Å². The van der Waals surface area contributed by atoms with Crippen molar-refractivity contribution >= 4 is 17.8 Å². The van der Waals surface area contributed by atoms with E-state index < -0.39 is 0 Å². The lowest BCUT2D eigenvalue weighted by Crippen LogP contribution is -2.44. The van der Waals surface area contributed by atoms with Crippen molar-refractivity contribution in [1.82, 2.24) is 19.8 Å². The smallest absolute Gasteiger partial charge is 0.242 e. The molecule has 4 rings (SSSR count). The van der Waals surface area contributed by atoms with Crippen LogP contribution in [-0.4, -0.2) is 63.8 Å². The zero-order valence-corrected chi connectivity index (χ0v) is 14.4. The Kier molecular flexibility index (Phi) is 4.55. The van der Waals surface area contributed by atoms with Crippen LogP contribution in [0.4, 0.5) is 5.95 Å². The third kappa shape index (κ3) is 3.75. The molecule has 2 aliphatic heterocycles. The fourth-order valence-electron chi connectivity index (χ4n) is 4.02. The van der Waals surface area contributed by atoms with E-state index in [1.807, 2.05) is 4.90 Å². The van der Waals surface area contributed by atoms with Gasteiger partial charge >= 0.3 is 0 Å². The highest BCUT2D eigenvalue weighted by Gasteiger charge is 2.44. The minimum absolute atomic E-state index is 0.0687. The highest BCUT2D eigenvalue weighted by molar-refractivity contribution is 5.85. The molecule has 3 heterocycles. The maximum Gasteiger partial charge on any atom is 0.242 e. The fourth-order valence-corrected chi connectivity index (χ4v) is 4.02. The van der Waals surface area contributed by atoms with Crippen molar-refractivity contribution in [1.29, 1.82) is 0 Å². The summed E-state index contributed by atoms with van der Waals surface area (Å²) in [6.07, 6.45) is 8.45. The third-order valence-electron chi connectivity index (χ3n) is 5.57. The van der Waals surface area contributed by atoms with Crippen LogP contribution in [0.2, 0.25) is 0 Å². The molecule has 0 radical (unpaired) electrons. The number of nitrogens with one attached hydrogen (secondary N) is 1. The molecule has 0 bridgehead atoms. The fraction of sp³-hybridized carbons (Fsp3) is 0.667. The molecule has 0 spiro atoms. The number of carbonyl (C=O) groups excluding carboxylic acids is 2. The standard InChI is InChI=1S/C18H25N5O2/c24-16-4-1-2-9-22(16)12-17(25)23-10-14(13-5-6-13)15(11-23)21-18-19-7-3-8-20-18/h3,7-8,13-15H,1-2,4-6,9-12H2,(H,19,20,21)/t14-,15+/m0/s1. The zero-order valence-electron chi connectivity index (χ0n) is 14.4. The Morgan fingerprint density at radius 3 is 2.72 bits per heavy atom. The maximum absolute atomic E-state index is 12.7. The summed E-state index contributed by atoms with van der Waals surface area (Å²) in [6.45, 7) is 2.38. The van der Waals surface area contributed by atoms with Crippen molar-refractivity contribution in [3.05, 3.63) is 18.5 Å². The summed E-state index contributed by atoms with van der Waals surface area (Å²) in [7, 11) is 0. The third-order valence-corrected chi connectivity index (χ3v) is 5.57. The second-order valence-corrected chi connectivity index (χ2v) is 7.40. The highest BCUT2D eigenvalue weighted by Crippen LogP contribution is 2.42. The minimum Gasteiger partial charge on any atom is -0.349 e. The first kappa shape index (κ1) is 16.3. The van der Waals surface area contributed by atoms with Gasteiger partial charge in [-0.15, -0.1) is 0 Å². The van der Waals surface area contributed by atoms with Gasteiger partial charge in [0, 0.05) is 44.4 Å². The number of hydrogen-bond donors (Lipinski definition) is 1. The number of hydrogen-bond acceptors (Lipinski definition) is 5. The normalized spacial score (nSPS) is 26.8. The maximum atomic E-state index is 12.7. The van der Waals surface area contributed by atoms with Crippen molar-refractivity contribution in [2.45, 2.75) is 38.1 Å². The summed E-state index contributed by atoms with van der Waals surface area (Å²) in [6, 6.07) is 1.99. The molecule has 0 aromatic carbocycles. The van der Waals surface area contributed by atoms with E-state index in [9.17, 15) is 9.59 Å². The average molecular weight is 343 g/mol. The van der Waals surface area contributed by atoms with Crippen LogP contribution in [0.3, 0.4) is 0 Å². The number of likely N-dealkylation sites (tertiary alicyclic amines) is 2. The molecule has 7 heteroatoms. The molecule has 3 aliphatic rings. The Hall–Kier alpha value is -2.18. The Labute approximate surface area is 147 Å². The first-order chi connectivity index (χ1) is 12.2. The Bertz CT molecular complexity index is 634. The lowest BCUT2D eigenvalue weighted by molar-refractivity contribution is -0.141. The molecule has 7 nitrogen and oxygen atoms in total. The summed E-state index contributed by atoms with van der Waals surface area (Å²) in [4.78, 5) is 36.8. The molecular weight excluding hydrogens is 318 g/mol. The number of piperidine rings is 1. The van der Waals surface area contributed by atoms with Gasteiger partial charge in [0.2, 0.25) is 17.8 Å². The zero-order chi connectivity index (χ0) is 17.2. The first-order valence-electron chi connectivity index (χ1n) is 9.30. The van der Waals surface area contributed by atoms with Gasteiger partial charge in [-0.2, -0.15) is 0 Å². The Morgan fingerprint density at radius 1 is 1.20 bits per heavy atom. The number of nitrogens with zero attached hydrogens (tertiary/aromatic N) is 4. The second kappa shape index (κ2) is 6.98. The predicted octanol–water partition coefficient (Wildman–Crippen LogP) is 1.14. The van der Waals surface area contributed by atoms with Gasteiger partial charge in [-0.25, -0.2) is 9.97 Å². The van der Waals surface area contributed by atoms with Gasteiger partial charge in [-0.1, -0.05) is 0 Å². The quantitative estimate of drug-likeness (QED) is 0.867. The van der Waals surface area contributed by atoms with E-state index in [1.54, 1.807) is 23.4 Å². The summed E-state index contributed by atoms with van der Waals surface area (Å²) in [5.41, 5.74) is 0. The molecular formula is C18H25N5O2. The molecule has 25 heavy (non-hydrogen) atoms. The van der Waals surface area contributed by atoms with Gasteiger partial charge in [0.15, 0.2) is 0 Å². The molecule has 1 aliphatic carbocycles. The lowest BCUT2D eigenvalue weighted by Gasteiger charge is -2.28. The van der Waals surface area contributed by atoms with Crippen LogP contribution in [0.25, 0.3) is 0 Å². The van der Waals surface area contributed by atoms with Crippen molar-refractivity contribution in [3.8, 4) is 0 Å². The Balaban J connectivity index is 1.39. The average Bonchev–Trinajstić information content (AvgIpc) is 3.38. The molecule has 134 valence electrons. The van der Waals surface area contributed by atoms with Crippen LogP contribution < -0.4 is 5.32 Å². The molecule has 2 amide bonds. The van der Waals surface area contributed by atoms with Gasteiger partial charge in [0.1, 0.15) is 0 Å². The summed E-state index contributed by atoms with van der Waals surface area (Å²) in [5.74, 6) is 1.95. The highest BCUT2D eigenvalue weighted by atomic mass is 16.2. The van der Waals surface area contributed by atoms with E-state index in [0.29, 0.717) is 37.3 Å². The number of amides is 2. The molecule has 1 aromatic heterocycles. The molecule has 3 fully saturated rings. The van der Waals surface area contributed by atoms with Gasteiger partial charge in [0.05, 0.1) is 12.6 Å². The Morgan fingerprint density at radius 2 is 2.00 bits per heavy atom. The lowest BCUT2D eigenvalue weighted by atomic mass is 9.98. The SMILES string of the molecule is O=C1CCCCN1CC(=O)N1C[C@@H](Nc2ncccn2)[C@H](C2CC2)C1. The molecule has 1 N–H and O–H groups in total. The van der Waals surface area contributed by atoms with Crippen molar-refractivity contribution in [3.63, 3.8) is 0 Å². The van der Waals surface area contributed by atoms with E-state index >= 15 is 0 Å². The number of carbonyl (C=O) groups is 2. The summed E-state index contributed by atoms with van der Waals surface area (Å²) >= 11 is 0. The van der Waals surface area contributed by atoms with E-state index in [2.05, 4.69) is 15.3 Å². The molecule has 0 unspecified atom stereocenters. The van der Waals surface area contributed by atoms with Crippen molar-refractivity contribution < 1.29 is 9.59 Å². The van der Waals surface area contributed by atoms with Crippen LogP contribution >= 0.6 is 0 Å². The van der Waals surface area contributed by atoms with E-state index in [4.69, 9.17) is 0 Å². The van der Waals surface area contributed by atoms with E-state index in [0.717, 1.165) is 19.4 Å². The number of anilines is 1. The van der Waals surface area contributed by atoms with Crippen LogP contribution in [0.1, 0.15) is 32.1 Å². The molecule has 2 atom stereocenters. The largest absolute Gasteiger partial charge is 0.349 e. The molecule has 2 saturated heterocycles. The molecule has 1 aromatic rings. The predicted molar refractivity (Wildman–Crippen MR) is 92.7 cm³/mol.